The second-order valence-electron chi connectivity index (χ2n) is 6.55. The molecule has 1 N–H and O–H groups in total. The molecule has 0 unspecified atom stereocenters. The molecule has 1 aliphatic heterocycles. The fraction of sp³-hybridized carbons (Fsp3) is 0.0455. The Kier molecular flexibility index (Phi) is 5.91. The van der Waals surface area contributed by atoms with Crippen molar-refractivity contribution in [3.05, 3.63) is 80.9 Å². The van der Waals surface area contributed by atoms with E-state index in [0.29, 0.717) is 32.3 Å². The molecule has 1 amide bonds. The van der Waals surface area contributed by atoms with Crippen LogP contribution in [0.5, 0.6) is 0 Å². The molecule has 1 aromatic heterocycles. The molecule has 0 aliphatic carbocycles. The van der Waals surface area contributed by atoms with E-state index < -0.39 is 5.97 Å². The molecule has 9 heteroatoms. The summed E-state index contributed by atoms with van der Waals surface area (Å²) in [5.74, 6) is -0.204. The molecule has 156 valence electrons. The van der Waals surface area contributed by atoms with Gasteiger partial charge in [-0.15, -0.1) is 0 Å². The molecule has 1 saturated heterocycles. The highest BCUT2D eigenvalue weighted by molar-refractivity contribution is 8.18. The molecule has 1 fully saturated rings. The van der Waals surface area contributed by atoms with Crippen LogP contribution in [-0.4, -0.2) is 34.1 Å². The summed E-state index contributed by atoms with van der Waals surface area (Å²) in [6.07, 6.45) is 1.65. The number of hydrogen-bond donors (Lipinski definition) is 1. The molecule has 0 spiro atoms. The minimum atomic E-state index is -1.15. The number of rotatable bonds is 4. The van der Waals surface area contributed by atoms with Gasteiger partial charge < -0.3 is 9.52 Å². The zero-order chi connectivity index (χ0) is 22.1. The van der Waals surface area contributed by atoms with Crippen molar-refractivity contribution < 1.29 is 19.1 Å². The summed E-state index contributed by atoms with van der Waals surface area (Å²) in [4.78, 5) is 30.2. The zero-order valence-corrected chi connectivity index (χ0v) is 18.3. The van der Waals surface area contributed by atoms with Crippen molar-refractivity contribution in [1.29, 1.82) is 0 Å². The summed E-state index contributed by atoms with van der Waals surface area (Å²) in [6, 6.07) is 15.3. The van der Waals surface area contributed by atoms with Crippen molar-refractivity contribution in [3.8, 4) is 11.3 Å². The third-order valence-corrected chi connectivity index (χ3v) is 6.08. The van der Waals surface area contributed by atoms with Gasteiger partial charge in [-0.3, -0.25) is 9.69 Å². The van der Waals surface area contributed by atoms with Crippen molar-refractivity contribution in [2.75, 3.05) is 7.05 Å². The molecule has 2 heterocycles. The van der Waals surface area contributed by atoms with E-state index in [1.165, 1.54) is 28.8 Å². The van der Waals surface area contributed by atoms with Crippen LogP contribution < -0.4 is 0 Å². The van der Waals surface area contributed by atoms with Crippen molar-refractivity contribution in [2.45, 2.75) is 0 Å². The predicted molar refractivity (Wildman–Crippen MR) is 123 cm³/mol. The SMILES string of the molecule is CN1C(=O)/C(=C\c2ccc(-c3ccc(Cl)cc3)o2)SC1=Nc1ccc(Cl)c(C(=O)O)c1. The maximum absolute atomic E-state index is 12.6. The summed E-state index contributed by atoms with van der Waals surface area (Å²) in [5.41, 5.74) is 1.20. The van der Waals surface area contributed by atoms with Gasteiger partial charge in [0.25, 0.3) is 5.91 Å². The van der Waals surface area contributed by atoms with Gasteiger partial charge in [0.1, 0.15) is 11.5 Å². The second kappa shape index (κ2) is 8.63. The number of nitrogens with zero attached hydrogens (tertiary/aromatic N) is 2. The number of carboxylic acid groups (broad SMARTS) is 1. The minimum absolute atomic E-state index is 0.0541. The van der Waals surface area contributed by atoms with E-state index >= 15 is 0 Å². The molecule has 0 atom stereocenters. The number of amidine groups is 1. The molecule has 0 bridgehead atoms. The van der Waals surface area contributed by atoms with Gasteiger partial charge in [-0.2, -0.15) is 0 Å². The normalized spacial score (nSPS) is 16.5. The second-order valence-corrected chi connectivity index (χ2v) is 8.40. The van der Waals surface area contributed by atoms with Crippen LogP contribution >= 0.6 is 35.0 Å². The van der Waals surface area contributed by atoms with Crippen LogP contribution in [0.2, 0.25) is 10.0 Å². The lowest BCUT2D eigenvalue weighted by molar-refractivity contribution is -0.121. The monoisotopic (exact) mass is 472 g/mol. The Morgan fingerprint density at radius 2 is 1.87 bits per heavy atom. The van der Waals surface area contributed by atoms with Crippen molar-refractivity contribution in [3.63, 3.8) is 0 Å². The van der Waals surface area contributed by atoms with E-state index in [0.717, 1.165) is 5.56 Å². The lowest BCUT2D eigenvalue weighted by atomic mass is 10.2. The fourth-order valence-corrected chi connectivity index (χ4v) is 4.13. The molecule has 1 aliphatic rings. The Morgan fingerprint density at radius 3 is 2.58 bits per heavy atom. The first-order valence-corrected chi connectivity index (χ1v) is 10.5. The van der Waals surface area contributed by atoms with E-state index in [1.807, 2.05) is 18.2 Å². The zero-order valence-electron chi connectivity index (χ0n) is 16.0. The fourth-order valence-electron chi connectivity index (χ4n) is 2.84. The van der Waals surface area contributed by atoms with Crippen LogP contribution in [0.4, 0.5) is 5.69 Å². The number of thioether (sulfide) groups is 1. The van der Waals surface area contributed by atoms with Gasteiger partial charge in [-0.05, 0) is 66.4 Å². The quantitative estimate of drug-likeness (QED) is 0.457. The summed E-state index contributed by atoms with van der Waals surface area (Å²) in [5, 5.41) is 10.4. The smallest absolute Gasteiger partial charge is 0.337 e. The number of likely N-dealkylation sites (N-methyl/N-ethyl adjacent to an activating group) is 1. The number of carbonyl (C=O) groups is 2. The molecule has 4 rings (SSSR count). The largest absolute Gasteiger partial charge is 0.478 e. The van der Waals surface area contributed by atoms with Crippen LogP contribution in [0, 0.1) is 0 Å². The van der Waals surface area contributed by atoms with E-state index in [2.05, 4.69) is 4.99 Å². The van der Waals surface area contributed by atoms with Gasteiger partial charge in [0, 0.05) is 23.7 Å². The summed E-state index contributed by atoms with van der Waals surface area (Å²) < 4.78 is 5.84. The van der Waals surface area contributed by atoms with Gasteiger partial charge in [0.05, 0.1) is 21.2 Å². The summed E-state index contributed by atoms with van der Waals surface area (Å²) >= 11 is 13.0. The van der Waals surface area contributed by atoms with Crippen molar-refractivity contribution in [1.82, 2.24) is 4.90 Å². The van der Waals surface area contributed by atoms with Crippen LogP contribution in [0.25, 0.3) is 17.4 Å². The predicted octanol–water partition coefficient (Wildman–Crippen LogP) is 6.19. The molecule has 3 aromatic rings. The number of hydrogen-bond acceptors (Lipinski definition) is 5. The first-order valence-electron chi connectivity index (χ1n) is 8.97. The Morgan fingerprint density at radius 1 is 1.13 bits per heavy atom. The lowest BCUT2D eigenvalue weighted by Gasteiger charge is -2.07. The van der Waals surface area contributed by atoms with Gasteiger partial charge >= 0.3 is 5.97 Å². The topological polar surface area (TPSA) is 83.1 Å². The Balaban J connectivity index is 1.59. The molecule has 0 saturated carbocycles. The van der Waals surface area contributed by atoms with E-state index in [4.69, 9.17) is 27.6 Å². The number of aliphatic imine (C=N–C) groups is 1. The van der Waals surface area contributed by atoms with Gasteiger partial charge in [0.15, 0.2) is 5.17 Å². The van der Waals surface area contributed by atoms with E-state index in [9.17, 15) is 14.7 Å². The number of halogens is 2. The highest BCUT2D eigenvalue weighted by Crippen LogP contribution is 2.35. The van der Waals surface area contributed by atoms with Gasteiger partial charge in [0.2, 0.25) is 0 Å². The van der Waals surface area contributed by atoms with E-state index in [1.54, 1.807) is 37.4 Å². The standard InChI is InChI=1S/C22H14Cl2N2O4S/c1-26-20(27)19(11-15-7-9-18(30-15)12-2-4-13(23)5-3-12)31-22(26)25-14-6-8-17(24)16(10-14)21(28)29/h2-11H,1H3,(H,28,29)/b19-11+,25-22?. The van der Waals surface area contributed by atoms with Crippen molar-refractivity contribution in [2.24, 2.45) is 4.99 Å². The first kappa shape index (κ1) is 21.2. The molecule has 31 heavy (non-hydrogen) atoms. The molecule has 0 radical (unpaired) electrons. The highest BCUT2D eigenvalue weighted by Gasteiger charge is 2.30. The van der Waals surface area contributed by atoms with Crippen LogP contribution in [0.15, 0.2) is 68.9 Å². The number of carboxylic acids is 1. The number of furan rings is 1. The maximum atomic E-state index is 12.6. The minimum Gasteiger partial charge on any atom is -0.478 e. The van der Waals surface area contributed by atoms with Crippen LogP contribution in [0.3, 0.4) is 0 Å². The van der Waals surface area contributed by atoms with Gasteiger partial charge in [-0.1, -0.05) is 23.2 Å². The number of carbonyl (C=O) groups excluding carboxylic acids is 1. The third-order valence-electron chi connectivity index (χ3n) is 4.44. The van der Waals surface area contributed by atoms with Crippen LogP contribution in [0.1, 0.15) is 16.1 Å². The Bertz CT molecular complexity index is 1250. The Hall–Kier alpha value is -3.00. The summed E-state index contributed by atoms with van der Waals surface area (Å²) in [6.45, 7) is 0. The van der Waals surface area contributed by atoms with E-state index in [-0.39, 0.29) is 16.5 Å². The Labute approximate surface area is 191 Å². The average molecular weight is 473 g/mol. The number of amides is 1. The summed E-state index contributed by atoms with van der Waals surface area (Å²) in [7, 11) is 1.60. The molecule has 6 nitrogen and oxygen atoms in total. The number of benzene rings is 2. The highest BCUT2D eigenvalue weighted by atomic mass is 35.5. The first-order chi connectivity index (χ1) is 14.8. The van der Waals surface area contributed by atoms with Crippen LogP contribution in [-0.2, 0) is 4.79 Å². The van der Waals surface area contributed by atoms with Crippen molar-refractivity contribution >= 4 is 63.8 Å². The molecular formula is C22H14Cl2N2O4S. The maximum Gasteiger partial charge on any atom is 0.337 e. The molecular weight excluding hydrogens is 459 g/mol. The molecule has 2 aromatic carbocycles. The number of aromatic carboxylic acids is 1. The third kappa shape index (κ3) is 4.54. The lowest BCUT2D eigenvalue weighted by Crippen LogP contribution is -2.23. The van der Waals surface area contributed by atoms with Gasteiger partial charge in [-0.25, -0.2) is 9.79 Å². The average Bonchev–Trinajstić information content (AvgIpc) is 3.31.